The summed E-state index contributed by atoms with van der Waals surface area (Å²) in [6, 6.07) is 2.00. The first-order chi connectivity index (χ1) is 10.9. The zero-order valence-electron chi connectivity index (χ0n) is 14.0. The third-order valence-electron chi connectivity index (χ3n) is 4.72. The fourth-order valence-electron chi connectivity index (χ4n) is 3.49. The van der Waals surface area contributed by atoms with E-state index in [0.29, 0.717) is 5.92 Å². The first-order valence-corrected chi connectivity index (χ1v) is 8.24. The molecule has 0 saturated carbocycles. The van der Waals surface area contributed by atoms with Crippen molar-refractivity contribution >= 4 is 43.2 Å². The van der Waals surface area contributed by atoms with Gasteiger partial charge in [-0.2, -0.15) is 5.10 Å². The summed E-state index contributed by atoms with van der Waals surface area (Å²) in [6.07, 6.45) is 8.56. The quantitative estimate of drug-likeness (QED) is 0.817. The molecule has 0 radical (unpaired) electrons. The summed E-state index contributed by atoms with van der Waals surface area (Å²) in [5.74, 6) is 1.40. The molecule has 2 aliphatic rings. The van der Waals surface area contributed by atoms with E-state index < -0.39 is 0 Å². The molecule has 0 aliphatic carbocycles. The van der Waals surface area contributed by atoms with E-state index in [1.165, 1.54) is 18.5 Å². The SMILES string of the molecule is Cl.Cl.Cl.c1cc(-c2cn[nH]c2C2CCNCC2)nc(N2CCCC2)n1. The predicted molar refractivity (Wildman–Crippen MR) is 108 cm³/mol. The molecule has 2 fully saturated rings. The smallest absolute Gasteiger partial charge is 0.225 e. The van der Waals surface area contributed by atoms with Crippen LogP contribution in [-0.4, -0.2) is 46.3 Å². The second-order valence-corrected chi connectivity index (χ2v) is 6.16. The number of aromatic amines is 1. The number of nitrogens with one attached hydrogen (secondary N) is 2. The molecule has 2 N–H and O–H groups in total. The summed E-state index contributed by atoms with van der Waals surface area (Å²) in [4.78, 5) is 11.5. The first kappa shape index (κ1) is 22.0. The summed E-state index contributed by atoms with van der Waals surface area (Å²) < 4.78 is 0. The maximum Gasteiger partial charge on any atom is 0.225 e. The van der Waals surface area contributed by atoms with E-state index in [0.717, 1.165) is 56.2 Å². The minimum Gasteiger partial charge on any atom is -0.341 e. The molecule has 2 aliphatic heterocycles. The Labute approximate surface area is 166 Å². The molecular formula is C16H25Cl3N6. The van der Waals surface area contributed by atoms with Crippen LogP contribution in [0.25, 0.3) is 11.3 Å². The molecule has 2 aromatic heterocycles. The third-order valence-corrected chi connectivity index (χ3v) is 4.72. The molecule has 140 valence electrons. The van der Waals surface area contributed by atoms with Gasteiger partial charge in [0.15, 0.2) is 0 Å². The van der Waals surface area contributed by atoms with E-state index in [-0.39, 0.29) is 37.2 Å². The molecule has 0 spiro atoms. The van der Waals surface area contributed by atoms with Crippen molar-refractivity contribution in [3.05, 3.63) is 24.2 Å². The van der Waals surface area contributed by atoms with E-state index >= 15 is 0 Å². The molecule has 4 heterocycles. The molecule has 25 heavy (non-hydrogen) atoms. The monoisotopic (exact) mass is 406 g/mol. The molecule has 0 bridgehead atoms. The zero-order chi connectivity index (χ0) is 14.8. The highest BCUT2D eigenvalue weighted by molar-refractivity contribution is 5.86. The van der Waals surface area contributed by atoms with Crippen LogP contribution in [0.5, 0.6) is 0 Å². The van der Waals surface area contributed by atoms with E-state index in [2.05, 4.69) is 25.4 Å². The van der Waals surface area contributed by atoms with Gasteiger partial charge in [-0.3, -0.25) is 5.10 Å². The van der Waals surface area contributed by atoms with Crippen LogP contribution >= 0.6 is 37.2 Å². The highest BCUT2D eigenvalue weighted by Gasteiger charge is 2.22. The molecule has 0 atom stereocenters. The molecule has 0 aromatic carbocycles. The Kier molecular flexibility index (Phi) is 8.93. The Hall–Kier alpha value is -1.08. The first-order valence-electron chi connectivity index (χ1n) is 8.24. The van der Waals surface area contributed by atoms with Gasteiger partial charge in [-0.1, -0.05) is 0 Å². The number of hydrogen-bond donors (Lipinski definition) is 2. The number of hydrogen-bond acceptors (Lipinski definition) is 5. The van der Waals surface area contributed by atoms with Gasteiger partial charge in [0, 0.05) is 36.5 Å². The fraction of sp³-hybridized carbons (Fsp3) is 0.562. The van der Waals surface area contributed by atoms with Crippen molar-refractivity contribution in [2.24, 2.45) is 0 Å². The van der Waals surface area contributed by atoms with Gasteiger partial charge in [0.2, 0.25) is 5.95 Å². The third kappa shape index (κ3) is 4.76. The standard InChI is InChI=1S/C16H22N6.3ClH/c1-2-10-22(9-1)16-18-8-5-14(20-16)13-11-19-21-15(13)12-3-6-17-7-4-12;;;/h5,8,11-12,17H,1-4,6-7,9-10H2,(H,19,21);3*1H. The lowest BCUT2D eigenvalue weighted by Gasteiger charge is -2.22. The highest BCUT2D eigenvalue weighted by atomic mass is 35.5. The molecule has 6 nitrogen and oxygen atoms in total. The van der Waals surface area contributed by atoms with Crippen LogP contribution in [0.1, 0.15) is 37.3 Å². The Balaban J connectivity index is 0.00000104. The van der Waals surface area contributed by atoms with Gasteiger partial charge in [0.25, 0.3) is 0 Å². The van der Waals surface area contributed by atoms with Gasteiger partial charge in [-0.15, -0.1) is 37.2 Å². The second kappa shape index (κ2) is 10.2. The summed E-state index contributed by atoms with van der Waals surface area (Å²) >= 11 is 0. The molecule has 9 heteroatoms. The van der Waals surface area contributed by atoms with Gasteiger partial charge < -0.3 is 10.2 Å². The molecule has 0 amide bonds. The van der Waals surface area contributed by atoms with Gasteiger partial charge in [-0.25, -0.2) is 9.97 Å². The number of anilines is 1. The molecular weight excluding hydrogens is 383 g/mol. The van der Waals surface area contributed by atoms with Crippen LogP contribution in [0.15, 0.2) is 18.5 Å². The van der Waals surface area contributed by atoms with Crippen molar-refractivity contribution in [2.75, 3.05) is 31.1 Å². The Morgan fingerprint density at radius 1 is 1.04 bits per heavy atom. The number of aromatic nitrogens is 4. The molecule has 2 aromatic rings. The van der Waals surface area contributed by atoms with Crippen molar-refractivity contribution in [2.45, 2.75) is 31.6 Å². The molecule has 2 saturated heterocycles. The highest BCUT2D eigenvalue weighted by Crippen LogP contribution is 2.32. The van der Waals surface area contributed by atoms with Gasteiger partial charge in [0.1, 0.15) is 0 Å². The molecule has 4 rings (SSSR count). The van der Waals surface area contributed by atoms with Crippen LogP contribution in [0.2, 0.25) is 0 Å². The van der Waals surface area contributed by atoms with Crippen molar-refractivity contribution in [1.82, 2.24) is 25.5 Å². The van der Waals surface area contributed by atoms with Crippen LogP contribution in [0, 0.1) is 0 Å². The normalized spacial score (nSPS) is 17.4. The Bertz CT molecular complexity index is 638. The minimum absolute atomic E-state index is 0. The summed E-state index contributed by atoms with van der Waals surface area (Å²) in [6.45, 7) is 4.28. The predicted octanol–water partition coefficient (Wildman–Crippen LogP) is 3.20. The largest absolute Gasteiger partial charge is 0.341 e. The summed E-state index contributed by atoms with van der Waals surface area (Å²) in [5.41, 5.74) is 3.35. The van der Waals surface area contributed by atoms with Crippen LogP contribution in [-0.2, 0) is 0 Å². The van der Waals surface area contributed by atoms with Crippen LogP contribution < -0.4 is 10.2 Å². The van der Waals surface area contributed by atoms with Crippen molar-refractivity contribution in [1.29, 1.82) is 0 Å². The lowest BCUT2D eigenvalue weighted by atomic mass is 9.91. The maximum atomic E-state index is 4.79. The number of rotatable bonds is 3. The lowest BCUT2D eigenvalue weighted by molar-refractivity contribution is 0.453. The number of halogens is 3. The number of nitrogens with zero attached hydrogens (tertiary/aromatic N) is 4. The van der Waals surface area contributed by atoms with Crippen molar-refractivity contribution < 1.29 is 0 Å². The maximum absolute atomic E-state index is 4.79. The Morgan fingerprint density at radius 2 is 1.76 bits per heavy atom. The Morgan fingerprint density at radius 3 is 2.48 bits per heavy atom. The van der Waals surface area contributed by atoms with Crippen LogP contribution in [0.4, 0.5) is 5.95 Å². The fourth-order valence-corrected chi connectivity index (χ4v) is 3.49. The van der Waals surface area contributed by atoms with Gasteiger partial charge in [0.05, 0.1) is 11.9 Å². The van der Waals surface area contributed by atoms with Gasteiger partial charge in [-0.05, 0) is 44.8 Å². The van der Waals surface area contributed by atoms with E-state index in [1.54, 1.807) is 0 Å². The average Bonchev–Trinajstić information content (AvgIpc) is 3.27. The average molecular weight is 408 g/mol. The van der Waals surface area contributed by atoms with Crippen LogP contribution in [0.3, 0.4) is 0 Å². The van der Waals surface area contributed by atoms with Gasteiger partial charge >= 0.3 is 0 Å². The number of H-pyrrole nitrogens is 1. The number of piperidine rings is 1. The lowest BCUT2D eigenvalue weighted by Crippen LogP contribution is -2.27. The summed E-state index contributed by atoms with van der Waals surface area (Å²) in [7, 11) is 0. The van der Waals surface area contributed by atoms with E-state index in [9.17, 15) is 0 Å². The molecule has 0 unspecified atom stereocenters. The zero-order valence-corrected chi connectivity index (χ0v) is 16.4. The second-order valence-electron chi connectivity index (χ2n) is 6.16. The summed E-state index contributed by atoms with van der Waals surface area (Å²) in [5, 5.41) is 10.9. The van der Waals surface area contributed by atoms with Crippen molar-refractivity contribution in [3.63, 3.8) is 0 Å². The van der Waals surface area contributed by atoms with Crippen molar-refractivity contribution in [3.8, 4) is 11.3 Å². The minimum atomic E-state index is 0. The van der Waals surface area contributed by atoms with E-state index in [4.69, 9.17) is 4.98 Å². The topological polar surface area (TPSA) is 69.7 Å². The van der Waals surface area contributed by atoms with E-state index in [1.807, 2.05) is 18.5 Å².